The molecule has 1 fully saturated rings. The Labute approximate surface area is 126 Å². The summed E-state index contributed by atoms with van der Waals surface area (Å²) in [4.78, 5) is 15.4. The van der Waals surface area contributed by atoms with Crippen LogP contribution in [0.25, 0.3) is 10.9 Å². The van der Waals surface area contributed by atoms with Crippen LogP contribution in [-0.2, 0) is 4.74 Å². The highest BCUT2D eigenvalue weighted by Gasteiger charge is 2.35. The molecule has 6 heteroatoms. The molecule has 3 rings (SSSR count). The molecule has 0 spiro atoms. The topological polar surface area (TPSA) is 54.1 Å². The zero-order chi connectivity index (χ0) is 15.7. The van der Waals surface area contributed by atoms with E-state index >= 15 is 0 Å². The molecular weight excluding hydrogens is 290 g/mol. The van der Waals surface area contributed by atoms with E-state index in [4.69, 9.17) is 4.74 Å². The van der Waals surface area contributed by atoms with E-state index in [9.17, 15) is 13.6 Å². The number of rotatable bonds is 3. The number of amides is 1. The summed E-state index contributed by atoms with van der Waals surface area (Å²) in [7, 11) is 0. The molecule has 2 N–H and O–H groups in total. The summed E-state index contributed by atoms with van der Waals surface area (Å²) in [6.45, 7) is 2.02. The number of aromatic amines is 1. The summed E-state index contributed by atoms with van der Waals surface area (Å²) in [5, 5.41) is 3.58. The van der Waals surface area contributed by atoms with Crippen molar-refractivity contribution in [1.82, 2.24) is 10.3 Å². The van der Waals surface area contributed by atoms with Crippen molar-refractivity contribution in [2.24, 2.45) is 0 Å². The lowest BCUT2D eigenvalue weighted by Crippen LogP contribution is -2.53. The smallest absolute Gasteiger partial charge is 0.268 e. The van der Waals surface area contributed by atoms with Crippen LogP contribution in [0.1, 0.15) is 28.9 Å². The summed E-state index contributed by atoms with van der Waals surface area (Å²) in [5.41, 5.74) is 0.766. The van der Waals surface area contributed by atoms with Crippen LogP contribution >= 0.6 is 0 Å². The van der Waals surface area contributed by atoms with Gasteiger partial charge in [0.2, 0.25) is 0 Å². The van der Waals surface area contributed by atoms with Crippen LogP contribution in [0.5, 0.6) is 0 Å². The average molecular weight is 308 g/mol. The standard InChI is InChI=1S/C16H18F2N2O2/c1-10-12-3-2-11(18)8-13(12)19-14(10)15(21)20-16(9-17)4-6-22-7-5-16/h2-3,8,19H,4-7,9H2,1H3,(H,20,21). The first-order valence-electron chi connectivity index (χ1n) is 7.29. The number of hydrogen-bond acceptors (Lipinski definition) is 2. The van der Waals surface area contributed by atoms with Crippen LogP contribution in [0, 0.1) is 12.7 Å². The molecule has 0 aliphatic carbocycles. The van der Waals surface area contributed by atoms with Gasteiger partial charge in [-0.3, -0.25) is 4.79 Å². The fraction of sp³-hybridized carbons (Fsp3) is 0.438. The van der Waals surface area contributed by atoms with Gasteiger partial charge in [-0.2, -0.15) is 0 Å². The number of benzene rings is 1. The Morgan fingerprint density at radius 1 is 1.41 bits per heavy atom. The van der Waals surface area contributed by atoms with Crippen LogP contribution in [0.2, 0.25) is 0 Å². The quantitative estimate of drug-likeness (QED) is 0.916. The maximum Gasteiger partial charge on any atom is 0.268 e. The third-order valence-corrected chi connectivity index (χ3v) is 4.33. The van der Waals surface area contributed by atoms with Crippen molar-refractivity contribution in [1.29, 1.82) is 0 Å². The predicted octanol–water partition coefficient (Wildman–Crippen LogP) is 2.86. The molecule has 0 unspecified atom stereocenters. The molecule has 2 heterocycles. The number of hydrogen-bond donors (Lipinski definition) is 2. The van der Waals surface area contributed by atoms with Crippen molar-refractivity contribution in [2.75, 3.05) is 19.9 Å². The molecule has 118 valence electrons. The van der Waals surface area contributed by atoms with Gasteiger partial charge < -0.3 is 15.0 Å². The number of ether oxygens (including phenoxy) is 1. The van der Waals surface area contributed by atoms with E-state index in [1.165, 1.54) is 12.1 Å². The molecule has 1 aromatic carbocycles. The largest absolute Gasteiger partial charge is 0.381 e. The molecule has 0 bridgehead atoms. The van der Waals surface area contributed by atoms with Crippen LogP contribution in [-0.4, -0.2) is 36.3 Å². The predicted molar refractivity (Wildman–Crippen MR) is 79.2 cm³/mol. The summed E-state index contributed by atoms with van der Waals surface area (Å²) < 4.78 is 32.0. The van der Waals surface area contributed by atoms with Gasteiger partial charge in [-0.15, -0.1) is 0 Å². The Kier molecular flexibility index (Phi) is 3.87. The van der Waals surface area contributed by atoms with Crippen molar-refractivity contribution in [3.05, 3.63) is 35.3 Å². The lowest BCUT2D eigenvalue weighted by molar-refractivity contribution is 0.0264. The Hall–Kier alpha value is -1.95. The SMILES string of the molecule is Cc1c(C(=O)NC2(CF)CCOCC2)[nH]c2cc(F)ccc12. The molecule has 1 amide bonds. The summed E-state index contributed by atoms with van der Waals surface area (Å²) in [6, 6.07) is 4.33. The number of alkyl halides is 1. The van der Waals surface area contributed by atoms with Crippen LogP contribution in [0.4, 0.5) is 8.78 Å². The number of carbonyl (C=O) groups excluding carboxylic acids is 1. The zero-order valence-electron chi connectivity index (χ0n) is 12.3. The molecule has 0 radical (unpaired) electrons. The van der Waals surface area contributed by atoms with Crippen LogP contribution in [0.3, 0.4) is 0 Å². The normalized spacial score (nSPS) is 17.6. The number of halogens is 2. The Morgan fingerprint density at radius 2 is 2.14 bits per heavy atom. The number of carbonyl (C=O) groups is 1. The van der Waals surface area contributed by atoms with Crippen molar-refractivity contribution in [2.45, 2.75) is 25.3 Å². The van der Waals surface area contributed by atoms with Gasteiger partial charge in [0.15, 0.2) is 0 Å². The second-order valence-corrected chi connectivity index (χ2v) is 5.80. The first-order chi connectivity index (χ1) is 10.5. The monoisotopic (exact) mass is 308 g/mol. The third-order valence-electron chi connectivity index (χ3n) is 4.33. The van der Waals surface area contributed by atoms with Crippen molar-refractivity contribution < 1.29 is 18.3 Å². The molecule has 0 atom stereocenters. The molecule has 1 saturated heterocycles. The molecular formula is C16H18F2N2O2. The highest BCUT2D eigenvalue weighted by molar-refractivity contribution is 6.01. The molecule has 4 nitrogen and oxygen atoms in total. The maximum atomic E-state index is 13.4. The molecule has 1 aliphatic rings. The van der Waals surface area contributed by atoms with E-state index in [1.54, 1.807) is 13.0 Å². The molecule has 1 aromatic heterocycles. The molecule has 2 aromatic rings. The van der Waals surface area contributed by atoms with E-state index in [0.717, 1.165) is 10.9 Å². The number of aryl methyl sites for hydroxylation is 1. The minimum atomic E-state index is -0.871. The average Bonchev–Trinajstić information content (AvgIpc) is 2.84. The zero-order valence-corrected chi connectivity index (χ0v) is 12.3. The molecule has 22 heavy (non-hydrogen) atoms. The summed E-state index contributed by atoms with van der Waals surface area (Å²) in [6.07, 6.45) is 0.895. The Balaban J connectivity index is 1.90. The van der Waals surface area contributed by atoms with Crippen molar-refractivity contribution >= 4 is 16.8 Å². The van der Waals surface area contributed by atoms with Crippen LogP contribution < -0.4 is 5.32 Å². The van der Waals surface area contributed by atoms with Gasteiger partial charge in [0, 0.05) is 24.1 Å². The number of aromatic nitrogens is 1. The van der Waals surface area contributed by atoms with Crippen molar-refractivity contribution in [3.63, 3.8) is 0 Å². The molecule has 1 aliphatic heterocycles. The minimum absolute atomic E-state index is 0.347. The number of nitrogens with one attached hydrogen (secondary N) is 2. The van der Waals surface area contributed by atoms with E-state index in [-0.39, 0.29) is 11.7 Å². The second-order valence-electron chi connectivity index (χ2n) is 5.80. The van der Waals surface area contributed by atoms with E-state index in [2.05, 4.69) is 10.3 Å². The van der Waals surface area contributed by atoms with Gasteiger partial charge >= 0.3 is 0 Å². The lowest BCUT2D eigenvalue weighted by Gasteiger charge is -2.35. The van der Waals surface area contributed by atoms with E-state index in [1.807, 2.05) is 0 Å². The number of H-pyrrole nitrogens is 1. The fourth-order valence-electron chi connectivity index (χ4n) is 2.89. The minimum Gasteiger partial charge on any atom is -0.381 e. The first kappa shape index (κ1) is 15.0. The summed E-state index contributed by atoms with van der Waals surface area (Å²) in [5.74, 6) is -0.737. The lowest BCUT2D eigenvalue weighted by atomic mass is 9.91. The number of fused-ring (bicyclic) bond motifs is 1. The second kappa shape index (κ2) is 5.68. The highest BCUT2D eigenvalue weighted by atomic mass is 19.1. The highest BCUT2D eigenvalue weighted by Crippen LogP contribution is 2.25. The fourth-order valence-corrected chi connectivity index (χ4v) is 2.89. The molecule has 0 saturated carbocycles. The maximum absolute atomic E-state index is 13.4. The van der Waals surface area contributed by atoms with Gasteiger partial charge in [-0.25, -0.2) is 8.78 Å². The van der Waals surface area contributed by atoms with Gasteiger partial charge in [0.05, 0.1) is 5.54 Å². The van der Waals surface area contributed by atoms with Crippen LogP contribution in [0.15, 0.2) is 18.2 Å². The van der Waals surface area contributed by atoms with Crippen molar-refractivity contribution in [3.8, 4) is 0 Å². The van der Waals surface area contributed by atoms with E-state index in [0.29, 0.717) is 37.3 Å². The van der Waals surface area contributed by atoms with Gasteiger partial charge in [-0.1, -0.05) is 0 Å². The van der Waals surface area contributed by atoms with Gasteiger partial charge in [0.1, 0.15) is 18.2 Å². The van der Waals surface area contributed by atoms with E-state index < -0.39 is 12.2 Å². The Morgan fingerprint density at radius 3 is 2.82 bits per heavy atom. The van der Waals surface area contributed by atoms with Gasteiger partial charge in [0.25, 0.3) is 5.91 Å². The van der Waals surface area contributed by atoms with Gasteiger partial charge in [-0.05, 0) is 43.5 Å². The summed E-state index contributed by atoms with van der Waals surface area (Å²) >= 11 is 0. The third kappa shape index (κ3) is 2.59. The Bertz CT molecular complexity index is 705. The first-order valence-corrected chi connectivity index (χ1v) is 7.29.